The first-order chi connectivity index (χ1) is 43.8. The fourth-order valence-corrected chi connectivity index (χ4v) is 12.4. The average Bonchev–Trinajstić information content (AvgIpc) is 3.74. The Hall–Kier alpha value is -1.94. The van der Waals surface area contributed by atoms with Crippen LogP contribution in [0.1, 0.15) is 363 Å². The highest BCUT2D eigenvalue weighted by atomic mass is 31.2. The summed E-state index contributed by atoms with van der Waals surface area (Å²) < 4.78 is 68.2. The van der Waals surface area contributed by atoms with Crippen LogP contribution in [0, 0.1) is 17.8 Å². The van der Waals surface area contributed by atoms with Gasteiger partial charge in [-0.2, -0.15) is 0 Å². The summed E-state index contributed by atoms with van der Waals surface area (Å²) in [5.41, 5.74) is 0. The molecule has 19 heteroatoms. The number of hydrogen-bond acceptors (Lipinski definition) is 15. The minimum atomic E-state index is -4.95. The van der Waals surface area contributed by atoms with Crippen LogP contribution >= 0.6 is 15.6 Å². The normalized spacial score (nSPS) is 14.8. The third-order valence-electron chi connectivity index (χ3n) is 17.4. The van der Waals surface area contributed by atoms with E-state index in [0.29, 0.717) is 25.7 Å². The van der Waals surface area contributed by atoms with Crippen LogP contribution in [0.4, 0.5) is 0 Å². The second-order valence-electron chi connectivity index (χ2n) is 26.9. The molecule has 0 amide bonds. The van der Waals surface area contributed by atoms with Crippen molar-refractivity contribution in [2.75, 3.05) is 39.6 Å². The molecule has 4 unspecified atom stereocenters. The van der Waals surface area contributed by atoms with Crippen LogP contribution in [-0.2, 0) is 65.4 Å². The predicted molar refractivity (Wildman–Crippen MR) is 368 cm³/mol. The van der Waals surface area contributed by atoms with Gasteiger partial charge in [0.2, 0.25) is 0 Å². The molecule has 0 aliphatic heterocycles. The molecule has 0 fully saturated rings. The highest BCUT2D eigenvalue weighted by Crippen LogP contribution is 2.45. The molecule has 0 aromatic carbocycles. The molecule has 0 spiro atoms. The lowest BCUT2D eigenvalue weighted by Crippen LogP contribution is -2.30. The fourth-order valence-electron chi connectivity index (χ4n) is 10.8. The number of ether oxygens (including phenoxy) is 4. The van der Waals surface area contributed by atoms with Gasteiger partial charge in [0.15, 0.2) is 12.2 Å². The van der Waals surface area contributed by atoms with Gasteiger partial charge in [-0.3, -0.25) is 37.3 Å². The molecule has 0 rings (SSSR count). The first kappa shape index (κ1) is 89.1. The lowest BCUT2D eigenvalue weighted by Gasteiger charge is -2.21. The molecule has 0 radical (unpaired) electrons. The maximum absolute atomic E-state index is 13.0. The molecule has 91 heavy (non-hydrogen) atoms. The van der Waals surface area contributed by atoms with E-state index < -0.39 is 97.5 Å². The predicted octanol–water partition coefficient (Wildman–Crippen LogP) is 20.6. The van der Waals surface area contributed by atoms with Crippen molar-refractivity contribution in [2.45, 2.75) is 381 Å². The van der Waals surface area contributed by atoms with E-state index in [1.807, 2.05) is 0 Å². The van der Waals surface area contributed by atoms with Crippen LogP contribution in [0.5, 0.6) is 0 Å². The van der Waals surface area contributed by atoms with Crippen molar-refractivity contribution in [1.29, 1.82) is 0 Å². The van der Waals surface area contributed by atoms with Gasteiger partial charge in [-0.15, -0.1) is 0 Å². The number of carbonyl (C=O) groups is 4. The summed E-state index contributed by atoms with van der Waals surface area (Å²) in [6.07, 6.45) is 47.5. The maximum Gasteiger partial charge on any atom is 0.472 e. The summed E-state index contributed by atoms with van der Waals surface area (Å²) in [5.74, 6) is 0.187. The number of aliphatic hydroxyl groups is 1. The van der Waals surface area contributed by atoms with E-state index in [-0.39, 0.29) is 25.7 Å². The summed E-state index contributed by atoms with van der Waals surface area (Å²) >= 11 is 0. The maximum atomic E-state index is 13.0. The molecule has 0 heterocycles. The van der Waals surface area contributed by atoms with Gasteiger partial charge in [0, 0.05) is 25.7 Å². The monoisotopic (exact) mass is 1340 g/mol. The first-order valence-corrected chi connectivity index (χ1v) is 40.4. The van der Waals surface area contributed by atoms with Gasteiger partial charge >= 0.3 is 39.5 Å². The highest BCUT2D eigenvalue weighted by Gasteiger charge is 2.30. The Morgan fingerprint density at radius 2 is 0.560 bits per heavy atom. The Balaban J connectivity index is 5.14. The Bertz CT molecular complexity index is 1790. The molecule has 17 nitrogen and oxygen atoms in total. The van der Waals surface area contributed by atoms with E-state index in [0.717, 1.165) is 114 Å². The Kier molecular flexibility index (Phi) is 61.5. The Labute approximate surface area is 556 Å². The van der Waals surface area contributed by atoms with Crippen molar-refractivity contribution in [2.24, 2.45) is 17.8 Å². The van der Waals surface area contributed by atoms with E-state index in [1.54, 1.807) is 0 Å². The smallest absolute Gasteiger partial charge is 0.462 e. The van der Waals surface area contributed by atoms with E-state index in [9.17, 15) is 43.2 Å². The second-order valence-corrected chi connectivity index (χ2v) is 29.8. The molecule has 540 valence electrons. The van der Waals surface area contributed by atoms with E-state index in [1.165, 1.54) is 167 Å². The van der Waals surface area contributed by atoms with Crippen molar-refractivity contribution in [3.8, 4) is 0 Å². The van der Waals surface area contributed by atoms with Crippen molar-refractivity contribution in [3.63, 3.8) is 0 Å². The molecule has 0 aliphatic carbocycles. The summed E-state index contributed by atoms with van der Waals surface area (Å²) in [5, 5.41) is 10.6. The van der Waals surface area contributed by atoms with Gasteiger partial charge in [-0.1, -0.05) is 312 Å². The van der Waals surface area contributed by atoms with Gasteiger partial charge < -0.3 is 33.8 Å². The van der Waals surface area contributed by atoms with Crippen molar-refractivity contribution >= 4 is 39.5 Å². The number of aliphatic hydroxyl groups excluding tert-OH is 1. The topological polar surface area (TPSA) is 237 Å². The molecule has 0 bridgehead atoms. The van der Waals surface area contributed by atoms with Crippen LogP contribution in [-0.4, -0.2) is 96.7 Å². The molecular formula is C72H140O17P2. The van der Waals surface area contributed by atoms with Crippen molar-refractivity contribution in [3.05, 3.63) is 0 Å². The zero-order valence-electron chi connectivity index (χ0n) is 59.3. The quantitative estimate of drug-likeness (QED) is 0.0222. The van der Waals surface area contributed by atoms with Gasteiger partial charge in [-0.05, 0) is 43.4 Å². The molecule has 0 saturated carbocycles. The number of unbranched alkanes of at least 4 members (excludes halogenated alkanes) is 36. The summed E-state index contributed by atoms with van der Waals surface area (Å²) in [4.78, 5) is 72.4. The first-order valence-electron chi connectivity index (χ1n) is 37.4. The molecule has 0 aromatic rings. The van der Waals surface area contributed by atoms with E-state index >= 15 is 0 Å². The zero-order chi connectivity index (χ0) is 67.3. The largest absolute Gasteiger partial charge is 0.472 e. The molecule has 0 aromatic heterocycles. The van der Waals surface area contributed by atoms with E-state index in [4.69, 9.17) is 37.0 Å². The van der Waals surface area contributed by atoms with E-state index in [2.05, 4.69) is 48.5 Å². The Morgan fingerprint density at radius 3 is 0.835 bits per heavy atom. The number of phosphoric acid groups is 2. The van der Waals surface area contributed by atoms with Crippen LogP contribution in [0.25, 0.3) is 0 Å². The number of esters is 4. The van der Waals surface area contributed by atoms with Gasteiger partial charge in [0.05, 0.1) is 26.4 Å². The highest BCUT2D eigenvalue weighted by molar-refractivity contribution is 7.47. The molecule has 0 aliphatic rings. The second kappa shape index (κ2) is 62.8. The third-order valence-corrected chi connectivity index (χ3v) is 19.3. The SMILES string of the molecule is CCCCCCCCCCC(=O)OC[C@H](COP(=O)(O)OC[C@H](O)COP(=O)(O)OC[C@@H](COC(=O)CCCCCCCCCCC(C)C)OC(=O)CCCCCCCCCCCCCCCCCCCCC(C)CC)OC(=O)CCCCCCCCC(C)CC. The molecule has 0 saturated heterocycles. The van der Waals surface area contributed by atoms with Gasteiger partial charge in [0.25, 0.3) is 0 Å². The number of phosphoric ester groups is 2. The lowest BCUT2D eigenvalue weighted by atomic mass is 9.99. The average molecular weight is 1340 g/mol. The van der Waals surface area contributed by atoms with Crippen molar-refractivity contribution in [1.82, 2.24) is 0 Å². The zero-order valence-corrected chi connectivity index (χ0v) is 61.1. The number of carbonyl (C=O) groups excluding carboxylic acids is 4. The minimum Gasteiger partial charge on any atom is -0.462 e. The molecule has 7 atom stereocenters. The molecule has 3 N–H and O–H groups in total. The van der Waals surface area contributed by atoms with Gasteiger partial charge in [0.1, 0.15) is 19.3 Å². The van der Waals surface area contributed by atoms with Crippen LogP contribution in [0.2, 0.25) is 0 Å². The molecular weight excluding hydrogens is 1200 g/mol. The van der Waals surface area contributed by atoms with Crippen LogP contribution in [0.3, 0.4) is 0 Å². The van der Waals surface area contributed by atoms with Crippen molar-refractivity contribution < 1.29 is 80.2 Å². The summed E-state index contributed by atoms with van der Waals surface area (Å²) in [7, 11) is -9.90. The standard InChI is InChI=1S/C72H140O17P2/c1-8-11-12-13-14-31-39-46-53-69(74)82-60-68(89-72(77)56-49-42-35-34-38-45-52-65(7)10-3)62-87-91(80,81)85-58-66(73)57-84-90(78,79)86-61-67(59-83-70(75)54-47-40-32-28-27-29-36-43-50-63(4)5)88-71(76)55-48-41-33-26-24-22-20-18-16-15-17-19-21-23-25-30-37-44-51-64(6)9-2/h63-68,73H,8-62H2,1-7H3,(H,78,79)(H,80,81)/t64?,65?,66-,67-,68-/m1/s1. The van der Waals surface area contributed by atoms with Crippen LogP contribution in [0.15, 0.2) is 0 Å². The third kappa shape index (κ3) is 63.9. The minimum absolute atomic E-state index is 0.103. The Morgan fingerprint density at radius 1 is 0.319 bits per heavy atom. The summed E-state index contributed by atoms with van der Waals surface area (Å²) in [6.45, 7) is 11.8. The fraction of sp³-hybridized carbons (Fsp3) is 0.944. The van der Waals surface area contributed by atoms with Gasteiger partial charge in [-0.25, -0.2) is 9.13 Å². The number of hydrogen-bond donors (Lipinski definition) is 3. The lowest BCUT2D eigenvalue weighted by molar-refractivity contribution is -0.161. The number of rotatable bonds is 70. The summed E-state index contributed by atoms with van der Waals surface area (Å²) in [6, 6.07) is 0. The van der Waals surface area contributed by atoms with Crippen LogP contribution < -0.4 is 0 Å².